The number of methoxy groups -OCH3 is 2. The lowest BCUT2D eigenvalue weighted by atomic mass is 10.2. The highest BCUT2D eigenvalue weighted by Crippen LogP contribution is 2.24. The normalized spacial score (nSPS) is 11.9. The number of benzene rings is 2. The fourth-order valence-corrected chi connectivity index (χ4v) is 3.02. The van der Waals surface area contributed by atoms with Crippen LogP contribution < -0.4 is 15.2 Å². The molecule has 1 atom stereocenters. The summed E-state index contributed by atoms with van der Waals surface area (Å²) in [6, 6.07) is 12.7. The van der Waals surface area contributed by atoms with Crippen molar-refractivity contribution in [2.24, 2.45) is 0 Å². The third-order valence-corrected chi connectivity index (χ3v) is 4.36. The summed E-state index contributed by atoms with van der Waals surface area (Å²) in [5.74, 6) is 1.83. The number of ether oxygens (including phenoxy) is 2. The van der Waals surface area contributed by atoms with E-state index in [2.05, 4.69) is 0 Å². The lowest BCUT2D eigenvalue weighted by molar-refractivity contribution is 0.413. The topological polar surface area (TPSA) is 61.5 Å². The molecule has 5 heteroatoms. The molecule has 0 aliphatic carbocycles. The molecule has 2 N–H and O–H groups in total. The second kappa shape index (κ2) is 6.43. The molecular formula is C15H17NO3S. The van der Waals surface area contributed by atoms with Crippen LogP contribution in [0.2, 0.25) is 0 Å². The van der Waals surface area contributed by atoms with Crippen molar-refractivity contribution in [3.63, 3.8) is 0 Å². The van der Waals surface area contributed by atoms with Gasteiger partial charge in [-0.05, 0) is 35.9 Å². The highest BCUT2D eigenvalue weighted by molar-refractivity contribution is 7.84. The third kappa shape index (κ3) is 3.30. The van der Waals surface area contributed by atoms with Crippen molar-refractivity contribution in [1.82, 2.24) is 0 Å². The molecule has 0 amide bonds. The maximum atomic E-state index is 12.4. The van der Waals surface area contributed by atoms with Crippen LogP contribution >= 0.6 is 0 Å². The van der Waals surface area contributed by atoms with E-state index in [9.17, 15) is 4.21 Å². The summed E-state index contributed by atoms with van der Waals surface area (Å²) >= 11 is 0. The zero-order valence-corrected chi connectivity index (χ0v) is 12.3. The van der Waals surface area contributed by atoms with E-state index < -0.39 is 10.8 Å². The molecular weight excluding hydrogens is 274 g/mol. The lowest BCUT2D eigenvalue weighted by Crippen LogP contribution is -2.01. The van der Waals surface area contributed by atoms with Gasteiger partial charge < -0.3 is 15.2 Å². The van der Waals surface area contributed by atoms with Gasteiger partial charge in [-0.3, -0.25) is 4.21 Å². The van der Waals surface area contributed by atoms with E-state index in [0.29, 0.717) is 22.1 Å². The minimum absolute atomic E-state index is 0.404. The van der Waals surface area contributed by atoms with Crippen molar-refractivity contribution >= 4 is 16.5 Å². The Morgan fingerprint density at radius 1 is 1.00 bits per heavy atom. The Labute approximate surface area is 121 Å². The van der Waals surface area contributed by atoms with Crippen LogP contribution in [0.4, 0.5) is 5.69 Å². The van der Waals surface area contributed by atoms with Gasteiger partial charge in [-0.15, -0.1) is 0 Å². The maximum absolute atomic E-state index is 12.4. The zero-order valence-electron chi connectivity index (χ0n) is 11.5. The predicted molar refractivity (Wildman–Crippen MR) is 80.5 cm³/mol. The Balaban J connectivity index is 2.18. The summed E-state index contributed by atoms with van der Waals surface area (Å²) in [4.78, 5) is 0.597. The number of nitrogen functional groups attached to an aromatic ring is 1. The van der Waals surface area contributed by atoms with Gasteiger partial charge in [0, 0.05) is 5.69 Å². The van der Waals surface area contributed by atoms with Crippen molar-refractivity contribution in [2.45, 2.75) is 10.6 Å². The fourth-order valence-electron chi connectivity index (χ4n) is 1.79. The van der Waals surface area contributed by atoms with Crippen LogP contribution in [-0.4, -0.2) is 18.4 Å². The number of hydrogen-bond acceptors (Lipinski definition) is 4. The van der Waals surface area contributed by atoms with Crippen molar-refractivity contribution in [1.29, 1.82) is 0 Å². The highest BCUT2D eigenvalue weighted by atomic mass is 32.2. The molecule has 2 rings (SSSR count). The van der Waals surface area contributed by atoms with Crippen molar-refractivity contribution in [2.75, 3.05) is 20.0 Å². The van der Waals surface area contributed by atoms with Gasteiger partial charge in [-0.1, -0.05) is 12.1 Å². The zero-order chi connectivity index (χ0) is 14.5. The van der Waals surface area contributed by atoms with Gasteiger partial charge in [0.25, 0.3) is 0 Å². The summed E-state index contributed by atoms with van der Waals surface area (Å²) in [6.07, 6.45) is 0. The van der Waals surface area contributed by atoms with Crippen LogP contribution in [0, 0.1) is 0 Å². The number of nitrogens with two attached hydrogens (primary N) is 1. The molecule has 0 aliphatic heterocycles. The molecule has 0 spiro atoms. The summed E-state index contributed by atoms with van der Waals surface area (Å²) < 4.78 is 22.6. The van der Waals surface area contributed by atoms with Gasteiger partial charge in [-0.25, -0.2) is 0 Å². The van der Waals surface area contributed by atoms with E-state index >= 15 is 0 Å². The van der Waals surface area contributed by atoms with Crippen LogP contribution in [0.15, 0.2) is 47.4 Å². The molecule has 106 valence electrons. The van der Waals surface area contributed by atoms with Crippen LogP contribution in [-0.2, 0) is 16.6 Å². The van der Waals surface area contributed by atoms with E-state index in [4.69, 9.17) is 15.2 Å². The average Bonchev–Trinajstić information content (AvgIpc) is 2.48. The van der Waals surface area contributed by atoms with Gasteiger partial charge in [0.15, 0.2) is 0 Å². The molecule has 0 saturated heterocycles. The van der Waals surface area contributed by atoms with Crippen molar-refractivity contribution < 1.29 is 13.7 Å². The molecule has 4 nitrogen and oxygen atoms in total. The van der Waals surface area contributed by atoms with E-state index in [1.807, 2.05) is 24.3 Å². The summed E-state index contributed by atoms with van der Waals surface area (Å²) in [7, 11) is 1.97. The van der Waals surface area contributed by atoms with Gasteiger partial charge in [0.05, 0.1) is 35.7 Å². The lowest BCUT2D eigenvalue weighted by Gasteiger charge is -2.08. The third-order valence-electron chi connectivity index (χ3n) is 2.92. The molecule has 2 aromatic carbocycles. The Morgan fingerprint density at radius 2 is 1.60 bits per heavy atom. The molecule has 20 heavy (non-hydrogen) atoms. The molecule has 0 saturated carbocycles. The largest absolute Gasteiger partial charge is 0.497 e. The van der Waals surface area contributed by atoms with Crippen LogP contribution in [0.25, 0.3) is 0 Å². The second-order valence-corrected chi connectivity index (χ2v) is 5.66. The van der Waals surface area contributed by atoms with Crippen LogP contribution in [0.5, 0.6) is 11.5 Å². The summed E-state index contributed by atoms with van der Waals surface area (Å²) in [5, 5.41) is 0. The Bertz CT molecular complexity index is 611. The first-order valence-corrected chi connectivity index (χ1v) is 7.40. The predicted octanol–water partition coefficient (Wildman–Crippen LogP) is 2.59. The molecule has 2 aromatic rings. The minimum atomic E-state index is -1.21. The summed E-state index contributed by atoms with van der Waals surface area (Å²) in [5.41, 5.74) is 7.35. The highest BCUT2D eigenvalue weighted by Gasteiger charge is 2.10. The molecule has 0 aliphatic rings. The average molecular weight is 291 g/mol. The Morgan fingerprint density at radius 3 is 2.20 bits per heavy atom. The smallest absolute Gasteiger partial charge is 0.120 e. The SMILES string of the molecule is COc1ccc(CS(=O)c2cc(OC)ccc2N)cc1. The number of anilines is 1. The van der Waals surface area contributed by atoms with E-state index in [0.717, 1.165) is 11.3 Å². The fraction of sp³-hybridized carbons (Fsp3) is 0.200. The molecule has 1 unspecified atom stereocenters. The number of hydrogen-bond donors (Lipinski definition) is 1. The van der Waals surface area contributed by atoms with E-state index in [1.54, 1.807) is 32.4 Å². The van der Waals surface area contributed by atoms with Crippen molar-refractivity contribution in [3.05, 3.63) is 48.0 Å². The monoisotopic (exact) mass is 291 g/mol. The van der Waals surface area contributed by atoms with Gasteiger partial charge >= 0.3 is 0 Å². The van der Waals surface area contributed by atoms with E-state index in [1.165, 1.54) is 0 Å². The molecule has 0 bridgehead atoms. The van der Waals surface area contributed by atoms with Crippen LogP contribution in [0.3, 0.4) is 0 Å². The van der Waals surface area contributed by atoms with Crippen LogP contribution in [0.1, 0.15) is 5.56 Å². The second-order valence-electron chi connectivity index (χ2n) is 4.24. The standard InChI is InChI=1S/C15H17NO3S/c1-18-12-5-3-11(4-6-12)10-20(17)15-9-13(19-2)7-8-14(15)16/h3-9H,10,16H2,1-2H3. The molecule has 0 radical (unpaired) electrons. The van der Waals surface area contributed by atoms with E-state index in [-0.39, 0.29) is 0 Å². The van der Waals surface area contributed by atoms with Gasteiger partial charge in [0.1, 0.15) is 11.5 Å². The summed E-state index contributed by atoms with van der Waals surface area (Å²) in [6.45, 7) is 0. The van der Waals surface area contributed by atoms with Gasteiger partial charge in [-0.2, -0.15) is 0 Å². The quantitative estimate of drug-likeness (QED) is 0.860. The molecule has 0 aromatic heterocycles. The maximum Gasteiger partial charge on any atom is 0.120 e. The Kier molecular flexibility index (Phi) is 4.63. The minimum Gasteiger partial charge on any atom is -0.497 e. The first-order chi connectivity index (χ1) is 9.63. The van der Waals surface area contributed by atoms with Gasteiger partial charge in [0.2, 0.25) is 0 Å². The molecule has 0 fully saturated rings. The Hall–Kier alpha value is -2.01. The first-order valence-electron chi connectivity index (χ1n) is 6.09. The number of rotatable bonds is 5. The first kappa shape index (κ1) is 14.4. The van der Waals surface area contributed by atoms with Crippen molar-refractivity contribution in [3.8, 4) is 11.5 Å². The molecule has 0 heterocycles.